The van der Waals surface area contributed by atoms with Crippen LogP contribution in [0.5, 0.6) is 0 Å². The van der Waals surface area contributed by atoms with Gasteiger partial charge in [0.15, 0.2) is 17.5 Å². The first-order chi connectivity index (χ1) is 17.9. The Bertz CT molecular complexity index is 1320. The fourth-order valence-electron chi connectivity index (χ4n) is 5.47. The van der Waals surface area contributed by atoms with Crippen molar-refractivity contribution in [3.05, 3.63) is 76.8 Å². The van der Waals surface area contributed by atoms with Crippen LogP contribution in [-0.2, 0) is 11.3 Å². The number of carbonyl (C=O) groups is 1. The standard InChI is InChI=1S/C28H31F2N5OS/c1-2-3-4-24(31)27-32-25-15-22(29)23(30)16-26(25)35(27)21-7-12-34(13-8-21)28(36)20-5-10-33(11-6-20)17-19-9-14-37-18-19/h2-4,9,14-16,18,20-21,31H,1,5-8,10-13,17H2/b4-3-,31-24?. The van der Waals surface area contributed by atoms with Crippen molar-refractivity contribution in [1.29, 1.82) is 5.41 Å². The number of thiophene rings is 1. The Kier molecular flexibility index (Phi) is 7.62. The molecule has 0 aliphatic carbocycles. The first-order valence-electron chi connectivity index (χ1n) is 12.7. The average Bonchev–Trinajstić information content (AvgIpc) is 3.55. The molecule has 1 aromatic carbocycles. The van der Waals surface area contributed by atoms with E-state index in [2.05, 4.69) is 33.3 Å². The maximum Gasteiger partial charge on any atom is 0.225 e. The number of likely N-dealkylation sites (tertiary alicyclic amines) is 2. The summed E-state index contributed by atoms with van der Waals surface area (Å²) in [5.74, 6) is -1.26. The topological polar surface area (TPSA) is 65.2 Å². The molecule has 0 bridgehead atoms. The van der Waals surface area contributed by atoms with Crippen molar-refractivity contribution in [3.63, 3.8) is 0 Å². The maximum atomic E-state index is 14.2. The van der Waals surface area contributed by atoms with Crippen LogP contribution in [0.2, 0.25) is 0 Å². The minimum Gasteiger partial charge on any atom is -0.342 e. The zero-order chi connectivity index (χ0) is 25.9. The molecular weight excluding hydrogens is 492 g/mol. The van der Waals surface area contributed by atoms with E-state index in [-0.39, 0.29) is 23.6 Å². The summed E-state index contributed by atoms with van der Waals surface area (Å²) in [6.45, 7) is 7.62. The van der Waals surface area contributed by atoms with E-state index in [4.69, 9.17) is 5.41 Å². The molecule has 194 valence electrons. The van der Waals surface area contributed by atoms with Crippen molar-refractivity contribution in [2.24, 2.45) is 5.92 Å². The van der Waals surface area contributed by atoms with E-state index in [0.717, 1.165) is 44.6 Å². The summed E-state index contributed by atoms with van der Waals surface area (Å²) >= 11 is 1.71. The SMILES string of the molecule is C=C/C=C\C(=N)c1nc2cc(F)c(F)cc2n1C1CCN(C(=O)C2CCN(Cc3ccsc3)CC2)CC1. The molecule has 1 amide bonds. The molecule has 2 aliphatic rings. The van der Waals surface area contributed by atoms with Gasteiger partial charge in [0, 0.05) is 43.7 Å². The van der Waals surface area contributed by atoms with Gasteiger partial charge >= 0.3 is 0 Å². The lowest BCUT2D eigenvalue weighted by molar-refractivity contribution is -0.138. The highest BCUT2D eigenvalue weighted by Gasteiger charge is 2.32. The summed E-state index contributed by atoms with van der Waals surface area (Å²) in [4.78, 5) is 22.1. The summed E-state index contributed by atoms with van der Waals surface area (Å²) in [5, 5.41) is 12.8. The van der Waals surface area contributed by atoms with Gasteiger partial charge < -0.3 is 9.47 Å². The Morgan fingerprint density at radius 3 is 2.54 bits per heavy atom. The van der Waals surface area contributed by atoms with Crippen LogP contribution < -0.4 is 0 Å². The number of hydrogen-bond donors (Lipinski definition) is 1. The van der Waals surface area contributed by atoms with E-state index in [1.165, 1.54) is 5.56 Å². The number of nitrogens with one attached hydrogen (secondary N) is 1. The Morgan fingerprint density at radius 2 is 1.86 bits per heavy atom. The van der Waals surface area contributed by atoms with Crippen molar-refractivity contribution in [3.8, 4) is 0 Å². The van der Waals surface area contributed by atoms with Crippen LogP contribution in [-0.4, -0.2) is 57.1 Å². The minimum absolute atomic E-state index is 0.0502. The number of fused-ring (bicyclic) bond motifs is 1. The lowest BCUT2D eigenvalue weighted by Crippen LogP contribution is -2.45. The molecule has 0 atom stereocenters. The Balaban J connectivity index is 1.26. The van der Waals surface area contributed by atoms with Gasteiger partial charge in [-0.1, -0.05) is 18.7 Å². The van der Waals surface area contributed by atoms with Gasteiger partial charge in [-0.15, -0.1) is 0 Å². The van der Waals surface area contributed by atoms with Gasteiger partial charge in [0.25, 0.3) is 0 Å². The van der Waals surface area contributed by atoms with E-state index in [0.29, 0.717) is 42.8 Å². The highest BCUT2D eigenvalue weighted by Crippen LogP contribution is 2.32. The Morgan fingerprint density at radius 1 is 1.14 bits per heavy atom. The van der Waals surface area contributed by atoms with E-state index < -0.39 is 11.6 Å². The van der Waals surface area contributed by atoms with Crippen molar-refractivity contribution in [2.75, 3.05) is 26.2 Å². The highest BCUT2D eigenvalue weighted by atomic mass is 32.1. The molecular formula is C28H31F2N5OS. The molecule has 6 nitrogen and oxygen atoms in total. The smallest absolute Gasteiger partial charge is 0.225 e. The monoisotopic (exact) mass is 523 g/mol. The number of carbonyl (C=O) groups excluding carboxylic acids is 1. The number of amides is 1. The second-order valence-corrected chi connectivity index (χ2v) is 10.6. The second kappa shape index (κ2) is 11.1. The minimum atomic E-state index is -0.960. The van der Waals surface area contributed by atoms with Crippen molar-refractivity contribution < 1.29 is 13.6 Å². The molecule has 0 radical (unpaired) electrons. The third kappa shape index (κ3) is 5.43. The van der Waals surface area contributed by atoms with Crippen LogP contribution in [0.1, 0.15) is 43.1 Å². The van der Waals surface area contributed by atoms with Crippen molar-refractivity contribution >= 4 is 34.0 Å². The summed E-state index contributed by atoms with van der Waals surface area (Å²) in [5.41, 5.74) is 2.26. The number of allylic oxidation sites excluding steroid dienone is 3. The normalized spacial score (nSPS) is 18.2. The first-order valence-corrected chi connectivity index (χ1v) is 13.7. The fourth-order valence-corrected chi connectivity index (χ4v) is 6.13. The molecule has 0 unspecified atom stereocenters. The zero-order valence-electron chi connectivity index (χ0n) is 20.7. The van der Waals surface area contributed by atoms with Crippen molar-refractivity contribution in [1.82, 2.24) is 19.4 Å². The van der Waals surface area contributed by atoms with E-state index in [1.54, 1.807) is 29.6 Å². The average molecular weight is 524 g/mol. The molecule has 2 fully saturated rings. The molecule has 3 aromatic rings. The largest absolute Gasteiger partial charge is 0.342 e. The number of halogens is 2. The number of hydrogen-bond acceptors (Lipinski definition) is 5. The zero-order valence-corrected chi connectivity index (χ0v) is 21.5. The van der Waals surface area contributed by atoms with Crippen molar-refractivity contribution in [2.45, 2.75) is 38.3 Å². The molecule has 4 heterocycles. The highest BCUT2D eigenvalue weighted by molar-refractivity contribution is 7.07. The molecule has 2 aliphatic heterocycles. The van der Waals surface area contributed by atoms with Gasteiger partial charge in [-0.2, -0.15) is 11.3 Å². The fraction of sp³-hybridized carbons (Fsp3) is 0.393. The summed E-state index contributed by atoms with van der Waals surface area (Å²) < 4.78 is 29.9. The Labute approximate surface area is 219 Å². The van der Waals surface area contributed by atoms with E-state index >= 15 is 0 Å². The third-order valence-corrected chi connectivity index (χ3v) is 8.17. The molecule has 9 heteroatoms. The number of imidazole rings is 1. The summed E-state index contributed by atoms with van der Waals surface area (Å²) in [6.07, 6.45) is 7.85. The third-order valence-electron chi connectivity index (χ3n) is 7.44. The quantitative estimate of drug-likeness (QED) is 0.326. The van der Waals surface area contributed by atoms with Crippen LogP contribution in [0, 0.1) is 23.0 Å². The number of piperidine rings is 2. The molecule has 2 aromatic heterocycles. The molecule has 0 saturated carbocycles. The van der Waals surface area contributed by atoms with Gasteiger partial charge in [-0.05, 0) is 67.2 Å². The van der Waals surface area contributed by atoms with Gasteiger partial charge in [0.05, 0.1) is 16.7 Å². The van der Waals surface area contributed by atoms with Gasteiger partial charge in [-0.25, -0.2) is 13.8 Å². The number of nitrogens with zero attached hydrogens (tertiary/aromatic N) is 4. The first kappa shape index (κ1) is 25.5. The predicted octanol–water partition coefficient (Wildman–Crippen LogP) is 5.56. The van der Waals surface area contributed by atoms with Gasteiger partial charge in [0.1, 0.15) is 0 Å². The molecule has 2 saturated heterocycles. The molecule has 37 heavy (non-hydrogen) atoms. The molecule has 5 rings (SSSR count). The summed E-state index contributed by atoms with van der Waals surface area (Å²) in [6, 6.07) is 4.33. The number of aromatic nitrogens is 2. The molecule has 1 N–H and O–H groups in total. The van der Waals surface area contributed by atoms with Crippen LogP contribution >= 0.6 is 11.3 Å². The Hall–Kier alpha value is -3.17. The van der Waals surface area contributed by atoms with Crippen LogP contribution in [0.3, 0.4) is 0 Å². The lowest BCUT2D eigenvalue weighted by Gasteiger charge is -2.38. The summed E-state index contributed by atoms with van der Waals surface area (Å²) in [7, 11) is 0. The predicted molar refractivity (Wildman–Crippen MR) is 143 cm³/mol. The van der Waals surface area contributed by atoms with E-state index in [9.17, 15) is 13.6 Å². The maximum absolute atomic E-state index is 14.2. The molecule has 0 spiro atoms. The van der Waals surface area contributed by atoms with Crippen LogP contribution in [0.25, 0.3) is 11.0 Å². The number of benzene rings is 1. The second-order valence-electron chi connectivity index (χ2n) is 9.81. The van der Waals surface area contributed by atoms with Crippen LogP contribution in [0.4, 0.5) is 8.78 Å². The lowest BCUT2D eigenvalue weighted by atomic mass is 9.93. The van der Waals surface area contributed by atoms with Crippen LogP contribution in [0.15, 0.2) is 53.8 Å². The van der Waals surface area contributed by atoms with Gasteiger partial charge in [-0.3, -0.25) is 15.1 Å². The van der Waals surface area contributed by atoms with Gasteiger partial charge in [0.2, 0.25) is 5.91 Å². The number of rotatable bonds is 7. The van der Waals surface area contributed by atoms with E-state index in [1.807, 2.05) is 9.47 Å².